The van der Waals surface area contributed by atoms with Crippen LogP contribution in [-0.4, -0.2) is 33.4 Å². The van der Waals surface area contributed by atoms with Crippen molar-refractivity contribution in [1.29, 1.82) is 0 Å². The number of hydrogen-bond donors (Lipinski definition) is 3. The minimum atomic E-state index is -3.85. The molecule has 0 saturated heterocycles. The quantitative estimate of drug-likeness (QED) is 0.469. The van der Waals surface area contributed by atoms with Crippen molar-refractivity contribution in [3.63, 3.8) is 0 Å². The molecular formula is C25H26N4O4S. The average molecular weight is 479 g/mol. The number of urea groups is 1. The normalized spacial score (nSPS) is 13.1. The van der Waals surface area contributed by atoms with Gasteiger partial charge in [0.05, 0.1) is 10.6 Å². The molecule has 0 bridgehead atoms. The highest BCUT2D eigenvalue weighted by Gasteiger charge is 2.24. The highest BCUT2D eigenvalue weighted by molar-refractivity contribution is 7.92. The molecule has 8 nitrogen and oxygen atoms in total. The van der Waals surface area contributed by atoms with Crippen LogP contribution in [-0.2, 0) is 10.0 Å². The first-order valence-electron chi connectivity index (χ1n) is 10.9. The van der Waals surface area contributed by atoms with Crippen molar-refractivity contribution in [2.45, 2.75) is 30.7 Å². The van der Waals surface area contributed by atoms with Crippen molar-refractivity contribution in [2.24, 2.45) is 0 Å². The molecule has 0 unspecified atom stereocenters. The Labute approximate surface area is 199 Å². The Bertz CT molecular complexity index is 1300. The standard InChI is InChI=1S/C25H26N4O4S/c1-17-6-14-22(15-7-17)29(2)34(32,33)23-5-3-4-18(16-23)24(30)26-19-8-10-20(11-9-19)27-25(31)28-21-12-13-21/h3-11,14-16,21H,12-13H2,1-2H3,(H,26,30)(H2,27,28,31). The molecule has 0 aromatic heterocycles. The van der Waals surface area contributed by atoms with E-state index in [1.54, 1.807) is 42.5 Å². The summed E-state index contributed by atoms with van der Waals surface area (Å²) in [7, 11) is -2.37. The van der Waals surface area contributed by atoms with Gasteiger partial charge in [-0.2, -0.15) is 0 Å². The van der Waals surface area contributed by atoms with E-state index in [2.05, 4.69) is 16.0 Å². The third-order valence-electron chi connectivity index (χ3n) is 5.47. The van der Waals surface area contributed by atoms with Crippen LogP contribution in [0.1, 0.15) is 28.8 Å². The van der Waals surface area contributed by atoms with E-state index in [1.807, 2.05) is 19.1 Å². The summed E-state index contributed by atoms with van der Waals surface area (Å²) in [6.07, 6.45) is 2.01. The van der Waals surface area contributed by atoms with E-state index in [0.29, 0.717) is 17.1 Å². The third kappa shape index (κ3) is 5.55. The Morgan fingerprint density at radius 3 is 2.12 bits per heavy atom. The van der Waals surface area contributed by atoms with Gasteiger partial charge in [0.15, 0.2) is 0 Å². The van der Waals surface area contributed by atoms with Gasteiger partial charge in [0.1, 0.15) is 0 Å². The fourth-order valence-electron chi connectivity index (χ4n) is 3.27. The van der Waals surface area contributed by atoms with Crippen molar-refractivity contribution in [3.8, 4) is 0 Å². The molecule has 1 aliphatic carbocycles. The fourth-order valence-corrected chi connectivity index (χ4v) is 4.51. The van der Waals surface area contributed by atoms with E-state index in [1.165, 1.54) is 29.6 Å². The van der Waals surface area contributed by atoms with Crippen LogP contribution in [0, 0.1) is 6.92 Å². The van der Waals surface area contributed by atoms with E-state index < -0.39 is 15.9 Å². The van der Waals surface area contributed by atoms with E-state index in [9.17, 15) is 18.0 Å². The zero-order chi connectivity index (χ0) is 24.3. The second kappa shape index (κ2) is 9.56. The number of hydrogen-bond acceptors (Lipinski definition) is 4. The number of aryl methyl sites for hydroxylation is 1. The number of carbonyl (C=O) groups excluding carboxylic acids is 2. The molecule has 176 valence electrons. The Hall–Kier alpha value is -3.85. The van der Waals surface area contributed by atoms with E-state index in [-0.39, 0.29) is 22.5 Å². The SMILES string of the molecule is Cc1ccc(N(C)S(=O)(=O)c2cccc(C(=O)Nc3ccc(NC(=O)NC4CC4)cc3)c2)cc1. The van der Waals surface area contributed by atoms with Crippen molar-refractivity contribution in [3.05, 3.63) is 83.9 Å². The summed E-state index contributed by atoms with van der Waals surface area (Å²) in [5.74, 6) is -0.442. The summed E-state index contributed by atoms with van der Waals surface area (Å²) < 4.78 is 27.4. The van der Waals surface area contributed by atoms with Crippen LogP contribution in [0.5, 0.6) is 0 Å². The monoisotopic (exact) mass is 478 g/mol. The largest absolute Gasteiger partial charge is 0.335 e. The molecule has 34 heavy (non-hydrogen) atoms. The number of benzene rings is 3. The predicted molar refractivity (Wildman–Crippen MR) is 133 cm³/mol. The van der Waals surface area contributed by atoms with Crippen LogP contribution in [0.25, 0.3) is 0 Å². The van der Waals surface area contributed by atoms with Crippen molar-refractivity contribution < 1.29 is 18.0 Å². The first-order valence-corrected chi connectivity index (χ1v) is 12.3. The Morgan fingerprint density at radius 1 is 0.882 bits per heavy atom. The van der Waals surface area contributed by atoms with Crippen molar-refractivity contribution in [1.82, 2.24) is 5.32 Å². The lowest BCUT2D eigenvalue weighted by Gasteiger charge is -2.20. The summed E-state index contributed by atoms with van der Waals surface area (Å²) in [4.78, 5) is 24.6. The van der Waals surface area contributed by atoms with Gasteiger partial charge in [-0.15, -0.1) is 0 Å². The molecule has 0 radical (unpaired) electrons. The van der Waals surface area contributed by atoms with Gasteiger partial charge in [-0.1, -0.05) is 23.8 Å². The molecule has 0 spiro atoms. The summed E-state index contributed by atoms with van der Waals surface area (Å²) in [6, 6.07) is 19.7. The molecule has 9 heteroatoms. The number of anilines is 3. The maximum Gasteiger partial charge on any atom is 0.319 e. The molecule has 0 atom stereocenters. The number of amides is 3. The molecule has 4 rings (SSSR count). The number of rotatable bonds is 7. The van der Waals surface area contributed by atoms with Gasteiger partial charge < -0.3 is 16.0 Å². The molecule has 3 aromatic rings. The van der Waals surface area contributed by atoms with E-state index in [0.717, 1.165) is 18.4 Å². The second-order valence-corrected chi connectivity index (χ2v) is 10.2. The molecule has 0 aliphatic heterocycles. The van der Waals surface area contributed by atoms with Crippen LogP contribution in [0.15, 0.2) is 77.7 Å². The molecule has 3 amide bonds. The highest BCUT2D eigenvalue weighted by atomic mass is 32.2. The maximum atomic E-state index is 13.1. The van der Waals surface area contributed by atoms with Gasteiger partial charge in [-0.05, 0) is 74.4 Å². The second-order valence-electron chi connectivity index (χ2n) is 8.24. The lowest BCUT2D eigenvalue weighted by Crippen LogP contribution is -2.30. The summed E-state index contributed by atoms with van der Waals surface area (Å²) in [5.41, 5.74) is 2.88. The van der Waals surface area contributed by atoms with Gasteiger partial charge in [-0.3, -0.25) is 9.10 Å². The molecule has 1 aliphatic rings. The topological polar surface area (TPSA) is 108 Å². The lowest BCUT2D eigenvalue weighted by atomic mass is 10.2. The molecular weight excluding hydrogens is 452 g/mol. The smallest absolute Gasteiger partial charge is 0.319 e. The van der Waals surface area contributed by atoms with Gasteiger partial charge in [-0.25, -0.2) is 13.2 Å². The highest BCUT2D eigenvalue weighted by Crippen LogP contribution is 2.24. The van der Waals surface area contributed by atoms with Gasteiger partial charge in [0.2, 0.25) is 0 Å². The predicted octanol–water partition coefficient (Wildman–Crippen LogP) is 4.36. The minimum Gasteiger partial charge on any atom is -0.335 e. The Balaban J connectivity index is 1.44. The van der Waals surface area contributed by atoms with Crippen LogP contribution >= 0.6 is 0 Å². The minimum absolute atomic E-state index is 0.0180. The number of nitrogens with zero attached hydrogens (tertiary/aromatic N) is 1. The van der Waals surface area contributed by atoms with Gasteiger partial charge >= 0.3 is 6.03 Å². The fraction of sp³-hybridized carbons (Fsp3) is 0.200. The van der Waals surface area contributed by atoms with Crippen LogP contribution < -0.4 is 20.3 Å². The average Bonchev–Trinajstić information content (AvgIpc) is 3.64. The van der Waals surface area contributed by atoms with Crippen LogP contribution in [0.2, 0.25) is 0 Å². The lowest BCUT2D eigenvalue weighted by molar-refractivity contribution is 0.102. The molecule has 1 saturated carbocycles. The molecule has 1 fully saturated rings. The first-order chi connectivity index (χ1) is 16.2. The van der Waals surface area contributed by atoms with Crippen LogP contribution in [0.4, 0.5) is 21.9 Å². The summed E-state index contributed by atoms with van der Waals surface area (Å²) >= 11 is 0. The zero-order valence-electron chi connectivity index (χ0n) is 18.9. The van der Waals surface area contributed by atoms with E-state index >= 15 is 0 Å². The maximum absolute atomic E-state index is 13.1. The van der Waals surface area contributed by atoms with Gasteiger partial charge in [0.25, 0.3) is 15.9 Å². The number of carbonyl (C=O) groups is 2. The van der Waals surface area contributed by atoms with Crippen molar-refractivity contribution in [2.75, 3.05) is 22.0 Å². The summed E-state index contributed by atoms with van der Waals surface area (Å²) in [5, 5.41) is 8.33. The first kappa shape index (κ1) is 23.3. The third-order valence-corrected chi connectivity index (χ3v) is 7.25. The molecule has 3 aromatic carbocycles. The Kier molecular flexibility index (Phi) is 6.56. The molecule has 3 N–H and O–H groups in total. The zero-order valence-corrected chi connectivity index (χ0v) is 19.7. The number of sulfonamides is 1. The number of nitrogens with one attached hydrogen (secondary N) is 3. The Morgan fingerprint density at radius 2 is 1.50 bits per heavy atom. The van der Waals surface area contributed by atoms with Crippen LogP contribution in [0.3, 0.4) is 0 Å². The summed E-state index contributed by atoms with van der Waals surface area (Å²) in [6.45, 7) is 1.93. The van der Waals surface area contributed by atoms with E-state index in [4.69, 9.17) is 0 Å². The van der Waals surface area contributed by atoms with Gasteiger partial charge in [0, 0.05) is 30.0 Å². The molecule has 0 heterocycles. The van der Waals surface area contributed by atoms with Crippen molar-refractivity contribution >= 4 is 39.0 Å².